The molecule has 0 spiro atoms. The van der Waals surface area contributed by atoms with E-state index in [0.717, 1.165) is 0 Å². The highest BCUT2D eigenvalue weighted by molar-refractivity contribution is 5.27. The van der Waals surface area contributed by atoms with E-state index in [9.17, 15) is 13.2 Å². The molecule has 1 aromatic rings. The van der Waals surface area contributed by atoms with Gasteiger partial charge in [-0.3, -0.25) is 0 Å². The fourth-order valence-corrected chi connectivity index (χ4v) is 1.33. The number of hydrogen-bond acceptors (Lipinski definition) is 2. The highest BCUT2D eigenvalue weighted by Gasteiger charge is 2.35. The lowest BCUT2D eigenvalue weighted by atomic mass is 10.2. The van der Waals surface area contributed by atoms with Crippen molar-refractivity contribution in [3.05, 3.63) is 29.8 Å². The lowest BCUT2D eigenvalue weighted by Gasteiger charge is -2.23. The van der Waals surface area contributed by atoms with Gasteiger partial charge < -0.3 is 4.74 Å². The maximum absolute atomic E-state index is 12.5. The monoisotopic (exact) mass is 233 g/mol. The van der Waals surface area contributed by atoms with Gasteiger partial charge in [-0.15, -0.1) is 0 Å². The molecular weight excluding hydrogens is 219 g/mol. The molecule has 0 amide bonds. The number of ether oxygens (including phenoxy) is 1. The third-order valence-electron chi connectivity index (χ3n) is 2.27. The number of nitrogens with zero attached hydrogens (tertiary/aromatic N) is 1. The molecule has 0 aliphatic heterocycles. The van der Waals surface area contributed by atoms with E-state index >= 15 is 0 Å². The van der Waals surface area contributed by atoms with E-state index in [-0.39, 0.29) is 13.1 Å². The highest BCUT2D eigenvalue weighted by Crippen LogP contribution is 2.23. The molecule has 0 heterocycles. The van der Waals surface area contributed by atoms with Crippen molar-refractivity contribution in [1.82, 2.24) is 4.90 Å². The third kappa shape index (κ3) is 3.41. The Morgan fingerprint density at radius 2 is 1.75 bits per heavy atom. The van der Waals surface area contributed by atoms with Crippen molar-refractivity contribution in [1.29, 1.82) is 0 Å². The Balaban J connectivity index is 2.71. The summed E-state index contributed by atoms with van der Waals surface area (Å²) in [7, 11) is 1.52. The predicted octanol–water partition coefficient (Wildman–Crippen LogP) is 3.04. The molecule has 0 N–H and O–H groups in total. The van der Waals surface area contributed by atoms with Crippen LogP contribution in [0.2, 0.25) is 0 Å². The summed E-state index contributed by atoms with van der Waals surface area (Å²) in [6, 6.07) is 6.57. The van der Waals surface area contributed by atoms with Crippen molar-refractivity contribution >= 4 is 0 Å². The first kappa shape index (κ1) is 12.8. The van der Waals surface area contributed by atoms with Crippen molar-refractivity contribution in [3.63, 3.8) is 0 Å². The molecule has 0 saturated heterocycles. The topological polar surface area (TPSA) is 12.5 Å². The standard InChI is InChI=1S/C11H14F3NO/c1-3-15(11(12,13)14)8-9-4-6-10(16-2)7-5-9/h4-7H,3,8H2,1-2H3. The molecule has 16 heavy (non-hydrogen) atoms. The number of benzene rings is 1. The predicted molar refractivity (Wildman–Crippen MR) is 55.1 cm³/mol. The molecule has 1 aromatic carbocycles. The molecule has 0 bridgehead atoms. The quantitative estimate of drug-likeness (QED) is 0.741. The fourth-order valence-electron chi connectivity index (χ4n) is 1.33. The smallest absolute Gasteiger partial charge is 0.460 e. The van der Waals surface area contributed by atoms with Gasteiger partial charge in [0.2, 0.25) is 0 Å². The number of hydrogen-bond donors (Lipinski definition) is 0. The zero-order valence-electron chi connectivity index (χ0n) is 9.21. The second-order valence-corrected chi connectivity index (χ2v) is 3.33. The van der Waals surface area contributed by atoms with Gasteiger partial charge in [-0.25, -0.2) is 4.90 Å². The van der Waals surface area contributed by atoms with Gasteiger partial charge in [0.05, 0.1) is 7.11 Å². The van der Waals surface area contributed by atoms with Gasteiger partial charge in [-0.05, 0) is 17.7 Å². The molecule has 1 rings (SSSR count). The normalized spacial score (nSPS) is 11.9. The second kappa shape index (κ2) is 5.21. The minimum Gasteiger partial charge on any atom is -0.497 e. The van der Waals surface area contributed by atoms with Gasteiger partial charge in [0.15, 0.2) is 0 Å². The van der Waals surface area contributed by atoms with Crippen molar-refractivity contribution in [3.8, 4) is 5.75 Å². The molecule has 5 heteroatoms. The van der Waals surface area contributed by atoms with Crippen LogP contribution < -0.4 is 4.74 Å². The van der Waals surface area contributed by atoms with Crippen LogP contribution in [0.25, 0.3) is 0 Å². The van der Waals surface area contributed by atoms with Crippen LogP contribution >= 0.6 is 0 Å². The molecule has 2 nitrogen and oxygen atoms in total. The van der Waals surface area contributed by atoms with Crippen LogP contribution in [-0.2, 0) is 6.54 Å². The van der Waals surface area contributed by atoms with Gasteiger partial charge in [0, 0.05) is 13.1 Å². The summed E-state index contributed by atoms with van der Waals surface area (Å²) in [5.41, 5.74) is 0.611. The van der Waals surface area contributed by atoms with E-state index in [1.165, 1.54) is 14.0 Å². The van der Waals surface area contributed by atoms with Crippen LogP contribution in [-0.4, -0.2) is 24.9 Å². The van der Waals surface area contributed by atoms with E-state index in [4.69, 9.17) is 4.74 Å². The summed E-state index contributed by atoms with van der Waals surface area (Å²) in [5.74, 6) is 0.638. The highest BCUT2D eigenvalue weighted by atomic mass is 19.4. The maximum Gasteiger partial charge on any atom is 0.460 e. The molecule has 0 saturated carbocycles. The Kier molecular flexibility index (Phi) is 4.18. The van der Waals surface area contributed by atoms with Gasteiger partial charge in [0.1, 0.15) is 5.75 Å². The Morgan fingerprint density at radius 1 is 1.19 bits per heavy atom. The summed E-state index contributed by atoms with van der Waals surface area (Å²) in [6.45, 7) is 1.29. The Bertz CT molecular complexity index is 321. The fraction of sp³-hybridized carbons (Fsp3) is 0.455. The zero-order chi connectivity index (χ0) is 12.2. The SMILES string of the molecule is CCN(Cc1ccc(OC)cc1)C(F)(F)F. The van der Waals surface area contributed by atoms with Crippen LogP contribution in [0.4, 0.5) is 13.2 Å². The summed E-state index contributed by atoms with van der Waals surface area (Å²) in [6.07, 6.45) is -4.28. The molecule has 90 valence electrons. The van der Waals surface area contributed by atoms with Crippen molar-refractivity contribution in [2.45, 2.75) is 19.8 Å². The molecule has 0 atom stereocenters. The molecule has 0 aliphatic rings. The summed E-state index contributed by atoms with van der Waals surface area (Å²) >= 11 is 0. The second-order valence-electron chi connectivity index (χ2n) is 3.33. The first-order chi connectivity index (χ1) is 7.47. The minimum absolute atomic E-state index is 0.0600. The van der Waals surface area contributed by atoms with E-state index in [1.807, 2.05) is 0 Å². The first-order valence-corrected chi connectivity index (χ1v) is 4.92. The molecule has 0 radical (unpaired) electrons. The number of rotatable bonds is 4. The molecular formula is C11H14F3NO. The summed E-state index contributed by atoms with van der Waals surface area (Å²) < 4.78 is 42.3. The minimum atomic E-state index is -4.28. The number of alkyl halides is 3. The Hall–Kier alpha value is -1.23. The average molecular weight is 233 g/mol. The summed E-state index contributed by atoms with van der Waals surface area (Å²) in [4.78, 5) is 0.453. The van der Waals surface area contributed by atoms with Crippen LogP contribution in [0.5, 0.6) is 5.75 Å². The van der Waals surface area contributed by atoms with Crippen LogP contribution in [0.1, 0.15) is 12.5 Å². The van der Waals surface area contributed by atoms with E-state index in [1.54, 1.807) is 24.3 Å². The Labute approximate surface area is 92.6 Å². The van der Waals surface area contributed by atoms with Crippen LogP contribution in [0.15, 0.2) is 24.3 Å². The third-order valence-corrected chi connectivity index (χ3v) is 2.27. The van der Waals surface area contributed by atoms with Gasteiger partial charge in [0.25, 0.3) is 0 Å². The summed E-state index contributed by atoms with van der Waals surface area (Å²) in [5, 5.41) is 0. The maximum atomic E-state index is 12.5. The van der Waals surface area contributed by atoms with Crippen molar-refractivity contribution < 1.29 is 17.9 Å². The lowest BCUT2D eigenvalue weighted by Crippen LogP contribution is -2.37. The number of halogens is 3. The van der Waals surface area contributed by atoms with Gasteiger partial charge >= 0.3 is 6.30 Å². The number of methoxy groups -OCH3 is 1. The molecule has 0 aliphatic carbocycles. The average Bonchev–Trinajstić information content (AvgIpc) is 2.25. The van der Waals surface area contributed by atoms with E-state index in [2.05, 4.69) is 0 Å². The van der Waals surface area contributed by atoms with Crippen molar-refractivity contribution in [2.24, 2.45) is 0 Å². The largest absolute Gasteiger partial charge is 0.497 e. The molecule has 0 unspecified atom stereocenters. The van der Waals surface area contributed by atoms with E-state index < -0.39 is 6.30 Å². The van der Waals surface area contributed by atoms with Gasteiger partial charge in [-0.2, -0.15) is 13.2 Å². The first-order valence-electron chi connectivity index (χ1n) is 4.92. The zero-order valence-corrected chi connectivity index (χ0v) is 9.21. The molecule has 0 fully saturated rings. The van der Waals surface area contributed by atoms with E-state index in [0.29, 0.717) is 16.2 Å². The van der Waals surface area contributed by atoms with Gasteiger partial charge in [-0.1, -0.05) is 19.1 Å². The van der Waals surface area contributed by atoms with Crippen molar-refractivity contribution in [2.75, 3.05) is 13.7 Å². The Morgan fingerprint density at radius 3 is 2.12 bits per heavy atom. The van der Waals surface area contributed by atoms with Crippen LogP contribution in [0, 0.1) is 0 Å². The van der Waals surface area contributed by atoms with Crippen LogP contribution in [0.3, 0.4) is 0 Å². The lowest BCUT2D eigenvalue weighted by molar-refractivity contribution is -0.247. The molecule has 0 aromatic heterocycles.